The maximum atomic E-state index is 12.1. The minimum absolute atomic E-state index is 0.0215. The summed E-state index contributed by atoms with van der Waals surface area (Å²) in [6.45, 7) is 0.336. The average molecular weight is 296 g/mol. The van der Waals surface area contributed by atoms with Crippen LogP contribution in [0.15, 0.2) is 18.2 Å². The Morgan fingerprint density at radius 3 is 3.16 bits per heavy atom. The number of nitrogen functional groups attached to an aromatic ring is 1. The number of anilines is 2. The molecule has 0 atom stereocenters. The maximum Gasteiger partial charge on any atom is 0.231 e. The SMILES string of the molecule is NNc1snnc1CN1C(=O)Cc2ccc(Cl)cc21. The Morgan fingerprint density at radius 1 is 1.53 bits per heavy atom. The van der Waals surface area contributed by atoms with Crippen molar-refractivity contribution in [3.8, 4) is 0 Å². The third-order valence-corrected chi connectivity index (χ3v) is 3.91. The van der Waals surface area contributed by atoms with Gasteiger partial charge in [-0.05, 0) is 17.7 Å². The minimum Gasteiger partial charge on any atom is -0.313 e. The first kappa shape index (κ1) is 12.3. The molecule has 0 saturated carbocycles. The van der Waals surface area contributed by atoms with Crippen LogP contribution in [0, 0.1) is 0 Å². The summed E-state index contributed by atoms with van der Waals surface area (Å²) in [5.74, 6) is 5.40. The molecule has 1 aromatic carbocycles. The lowest BCUT2D eigenvalue weighted by Gasteiger charge is -2.16. The molecule has 1 aromatic heterocycles. The van der Waals surface area contributed by atoms with E-state index in [2.05, 4.69) is 15.0 Å². The van der Waals surface area contributed by atoms with E-state index in [1.54, 1.807) is 17.0 Å². The molecule has 2 heterocycles. The Labute approximate surface area is 118 Å². The first-order chi connectivity index (χ1) is 9.19. The van der Waals surface area contributed by atoms with Crippen molar-refractivity contribution in [3.63, 3.8) is 0 Å². The maximum absolute atomic E-state index is 12.1. The Bertz CT molecular complexity index is 644. The fraction of sp³-hybridized carbons (Fsp3) is 0.182. The molecule has 8 heteroatoms. The number of hydrazine groups is 1. The number of hydrogen-bond acceptors (Lipinski definition) is 6. The summed E-state index contributed by atoms with van der Waals surface area (Å²) in [5, 5.41) is 5.24. The summed E-state index contributed by atoms with van der Waals surface area (Å²) in [7, 11) is 0. The summed E-state index contributed by atoms with van der Waals surface area (Å²) in [5.41, 5.74) is 4.98. The number of carbonyl (C=O) groups excluding carboxylic acids is 1. The number of fused-ring (bicyclic) bond motifs is 1. The standard InChI is InChI=1S/C11H10ClN5OS/c12-7-2-1-6-3-10(18)17(9(6)4-7)5-8-11(14-13)19-16-15-8/h1-2,4,14H,3,5,13H2. The van der Waals surface area contributed by atoms with Crippen molar-refractivity contribution in [2.24, 2.45) is 5.84 Å². The number of hydrogen-bond donors (Lipinski definition) is 2. The predicted octanol–water partition coefficient (Wildman–Crippen LogP) is 1.57. The molecule has 6 nitrogen and oxygen atoms in total. The molecule has 0 fully saturated rings. The Hall–Kier alpha value is -1.70. The number of aromatic nitrogens is 2. The van der Waals surface area contributed by atoms with Crippen LogP contribution in [-0.2, 0) is 17.8 Å². The molecule has 3 N–H and O–H groups in total. The van der Waals surface area contributed by atoms with Crippen molar-refractivity contribution >= 4 is 39.7 Å². The molecule has 98 valence electrons. The lowest BCUT2D eigenvalue weighted by molar-refractivity contribution is -0.117. The second-order valence-corrected chi connectivity index (χ2v) is 5.31. The molecular formula is C11H10ClN5OS. The third-order valence-electron chi connectivity index (χ3n) is 2.98. The van der Waals surface area contributed by atoms with Gasteiger partial charge in [0.25, 0.3) is 0 Å². The van der Waals surface area contributed by atoms with Gasteiger partial charge < -0.3 is 10.3 Å². The van der Waals surface area contributed by atoms with Crippen LogP contribution in [0.25, 0.3) is 0 Å². The lowest BCUT2D eigenvalue weighted by Crippen LogP contribution is -2.27. The van der Waals surface area contributed by atoms with E-state index in [1.807, 2.05) is 6.07 Å². The highest BCUT2D eigenvalue weighted by atomic mass is 35.5. The van der Waals surface area contributed by atoms with E-state index < -0.39 is 0 Å². The largest absolute Gasteiger partial charge is 0.313 e. The van der Waals surface area contributed by atoms with E-state index >= 15 is 0 Å². The summed E-state index contributed by atoms with van der Waals surface area (Å²) >= 11 is 7.14. The number of carbonyl (C=O) groups is 1. The van der Waals surface area contributed by atoms with Crippen LogP contribution in [0.5, 0.6) is 0 Å². The van der Waals surface area contributed by atoms with Gasteiger partial charge >= 0.3 is 0 Å². The van der Waals surface area contributed by atoms with Crippen LogP contribution in [-0.4, -0.2) is 15.5 Å². The topological polar surface area (TPSA) is 84.1 Å². The summed E-state index contributed by atoms with van der Waals surface area (Å²) < 4.78 is 3.82. The van der Waals surface area contributed by atoms with Gasteiger partial charge in [-0.15, -0.1) is 5.10 Å². The quantitative estimate of drug-likeness (QED) is 0.663. The summed E-state index contributed by atoms with van der Waals surface area (Å²) in [4.78, 5) is 13.7. The van der Waals surface area contributed by atoms with Gasteiger partial charge in [-0.2, -0.15) is 0 Å². The van der Waals surface area contributed by atoms with Crippen molar-refractivity contribution in [1.29, 1.82) is 0 Å². The van der Waals surface area contributed by atoms with Crippen LogP contribution in [0.1, 0.15) is 11.3 Å². The van der Waals surface area contributed by atoms with Gasteiger partial charge in [0.2, 0.25) is 5.91 Å². The van der Waals surface area contributed by atoms with Crippen molar-refractivity contribution in [1.82, 2.24) is 9.59 Å². The number of benzene rings is 1. The number of halogens is 1. The number of nitrogens with one attached hydrogen (secondary N) is 1. The van der Waals surface area contributed by atoms with Gasteiger partial charge in [0.05, 0.1) is 13.0 Å². The molecule has 1 amide bonds. The fourth-order valence-corrected chi connectivity index (χ4v) is 2.73. The smallest absolute Gasteiger partial charge is 0.231 e. The molecule has 0 spiro atoms. The Kier molecular flexibility index (Phi) is 3.09. The van der Waals surface area contributed by atoms with Gasteiger partial charge in [-0.1, -0.05) is 22.2 Å². The first-order valence-electron chi connectivity index (χ1n) is 5.55. The molecule has 0 bridgehead atoms. The van der Waals surface area contributed by atoms with Gasteiger partial charge in [0.1, 0.15) is 10.7 Å². The van der Waals surface area contributed by atoms with Crippen LogP contribution in [0.4, 0.5) is 10.7 Å². The highest BCUT2D eigenvalue weighted by molar-refractivity contribution is 7.10. The minimum atomic E-state index is 0.0215. The van der Waals surface area contributed by atoms with E-state index in [1.165, 1.54) is 0 Å². The molecule has 1 aliphatic heterocycles. The number of nitrogens with two attached hydrogens (primary N) is 1. The Balaban J connectivity index is 1.94. The summed E-state index contributed by atoms with van der Waals surface area (Å²) in [6.07, 6.45) is 0.384. The first-order valence-corrected chi connectivity index (χ1v) is 6.71. The molecule has 1 aliphatic rings. The van der Waals surface area contributed by atoms with Crippen molar-refractivity contribution in [2.75, 3.05) is 10.3 Å². The molecular weight excluding hydrogens is 286 g/mol. The van der Waals surface area contributed by atoms with Gasteiger partial charge in [0, 0.05) is 22.2 Å². The fourth-order valence-electron chi connectivity index (χ4n) is 2.08. The van der Waals surface area contributed by atoms with Gasteiger partial charge in [-0.25, -0.2) is 5.84 Å². The molecule has 0 unspecified atom stereocenters. The monoisotopic (exact) mass is 295 g/mol. The normalized spacial score (nSPS) is 13.8. The zero-order valence-corrected chi connectivity index (χ0v) is 11.3. The van der Waals surface area contributed by atoms with Crippen LogP contribution in [0.3, 0.4) is 0 Å². The highest BCUT2D eigenvalue weighted by Gasteiger charge is 2.28. The number of nitrogens with zero attached hydrogens (tertiary/aromatic N) is 3. The van der Waals surface area contributed by atoms with Crippen molar-refractivity contribution in [2.45, 2.75) is 13.0 Å². The van der Waals surface area contributed by atoms with Gasteiger partial charge in [-0.3, -0.25) is 4.79 Å². The van der Waals surface area contributed by atoms with Crippen LogP contribution in [0.2, 0.25) is 5.02 Å². The third kappa shape index (κ3) is 2.16. The molecule has 0 saturated heterocycles. The molecule has 19 heavy (non-hydrogen) atoms. The highest BCUT2D eigenvalue weighted by Crippen LogP contribution is 2.33. The summed E-state index contributed by atoms with van der Waals surface area (Å²) in [6, 6.07) is 5.45. The van der Waals surface area contributed by atoms with E-state index in [0.29, 0.717) is 28.7 Å². The van der Waals surface area contributed by atoms with Crippen molar-refractivity contribution < 1.29 is 4.79 Å². The van der Waals surface area contributed by atoms with Crippen LogP contribution >= 0.6 is 23.1 Å². The molecule has 0 aliphatic carbocycles. The van der Waals surface area contributed by atoms with Crippen LogP contribution < -0.4 is 16.2 Å². The molecule has 2 aromatic rings. The second-order valence-electron chi connectivity index (χ2n) is 4.12. The predicted molar refractivity (Wildman–Crippen MR) is 74.1 cm³/mol. The lowest BCUT2D eigenvalue weighted by atomic mass is 10.2. The Morgan fingerprint density at radius 2 is 2.37 bits per heavy atom. The number of amides is 1. The van der Waals surface area contributed by atoms with E-state index in [4.69, 9.17) is 17.4 Å². The molecule has 0 radical (unpaired) electrons. The number of rotatable bonds is 3. The van der Waals surface area contributed by atoms with Crippen molar-refractivity contribution in [3.05, 3.63) is 34.5 Å². The van der Waals surface area contributed by atoms with E-state index in [9.17, 15) is 4.79 Å². The second kappa shape index (κ2) is 4.76. The zero-order valence-electron chi connectivity index (χ0n) is 9.76. The average Bonchev–Trinajstić information content (AvgIpc) is 2.96. The van der Waals surface area contributed by atoms with E-state index in [-0.39, 0.29) is 5.91 Å². The molecule has 3 rings (SSSR count). The zero-order chi connectivity index (χ0) is 13.4. The van der Waals surface area contributed by atoms with Gasteiger partial charge in [0.15, 0.2) is 0 Å². The van der Waals surface area contributed by atoms with E-state index in [0.717, 1.165) is 22.8 Å².